The molecule has 138 valence electrons. The molecule has 7 heteroatoms. The third-order valence-corrected chi connectivity index (χ3v) is 4.58. The minimum Gasteiger partial charge on any atom is -0.497 e. The summed E-state index contributed by atoms with van der Waals surface area (Å²) in [6.45, 7) is 1.33. The Morgan fingerprint density at radius 1 is 1.27 bits per heavy atom. The number of carbonyl (C=O) groups is 1. The maximum atomic E-state index is 12.5. The molecule has 1 saturated heterocycles. The molecule has 6 nitrogen and oxygen atoms in total. The van der Waals surface area contributed by atoms with E-state index in [0.29, 0.717) is 30.4 Å². The number of hydrogen-bond acceptors (Lipinski definition) is 5. The number of ether oxygens (including phenoxy) is 2. The van der Waals surface area contributed by atoms with Crippen molar-refractivity contribution in [3.8, 4) is 11.8 Å². The van der Waals surface area contributed by atoms with Gasteiger partial charge in [0.05, 0.1) is 31.1 Å². The van der Waals surface area contributed by atoms with Crippen LogP contribution in [0.2, 0.25) is 5.02 Å². The molecule has 1 fully saturated rings. The molecular weight excluding hydrogens is 354 g/mol. The second-order valence-corrected chi connectivity index (χ2v) is 6.69. The van der Waals surface area contributed by atoms with Crippen LogP contribution in [-0.4, -0.2) is 47.1 Å². The minimum absolute atomic E-state index is 0.0881. The molecule has 2 heterocycles. The van der Waals surface area contributed by atoms with Crippen LogP contribution in [0.3, 0.4) is 0 Å². The maximum absolute atomic E-state index is 12.5. The topological polar surface area (TPSA) is 64.5 Å². The van der Waals surface area contributed by atoms with E-state index >= 15 is 0 Å². The van der Waals surface area contributed by atoms with Gasteiger partial charge in [-0.3, -0.25) is 4.79 Å². The first-order valence-electron chi connectivity index (χ1n) is 8.69. The molecule has 1 aliphatic rings. The normalized spacial score (nSPS) is 17.0. The van der Waals surface area contributed by atoms with E-state index in [1.54, 1.807) is 7.11 Å². The van der Waals surface area contributed by atoms with Crippen molar-refractivity contribution in [3.05, 3.63) is 47.2 Å². The molecule has 1 aromatic carbocycles. The SMILES string of the molecule is COc1ccc(CCC(=O)N2CCC[C@@H](Oc3ncc(Cl)cn3)C2)cc1. The van der Waals surface area contributed by atoms with E-state index in [1.807, 2.05) is 29.2 Å². The van der Waals surface area contributed by atoms with Crippen LogP contribution in [0.25, 0.3) is 0 Å². The third-order valence-electron chi connectivity index (χ3n) is 4.39. The number of benzene rings is 1. The standard InChI is InChI=1S/C19H22ClN3O3/c1-25-16-7-4-14(5-8-16)6-9-18(24)23-10-2-3-17(13-23)26-19-21-11-15(20)12-22-19/h4-5,7-8,11-12,17H,2-3,6,9-10,13H2,1H3/t17-/m1/s1. The fraction of sp³-hybridized carbons (Fsp3) is 0.421. The van der Waals surface area contributed by atoms with Gasteiger partial charge in [-0.25, -0.2) is 9.97 Å². The zero-order valence-electron chi connectivity index (χ0n) is 14.7. The number of amides is 1. The monoisotopic (exact) mass is 375 g/mol. The molecule has 1 atom stereocenters. The molecule has 1 amide bonds. The molecule has 0 aliphatic carbocycles. The zero-order chi connectivity index (χ0) is 18.4. The summed E-state index contributed by atoms with van der Waals surface area (Å²) in [5.41, 5.74) is 1.12. The fourth-order valence-electron chi connectivity index (χ4n) is 2.97. The lowest BCUT2D eigenvalue weighted by atomic mass is 10.1. The first-order valence-corrected chi connectivity index (χ1v) is 9.07. The summed E-state index contributed by atoms with van der Waals surface area (Å²) in [4.78, 5) is 22.5. The number of aromatic nitrogens is 2. The second-order valence-electron chi connectivity index (χ2n) is 6.25. The molecule has 0 bridgehead atoms. The lowest BCUT2D eigenvalue weighted by molar-refractivity contribution is -0.133. The van der Waals surface area contributed by atoms with Gasteiger partial charge in [-0.1, -0.05) is 23.7 Å². The summed E-state index contributed by atoms with van der Waals surface area (Å²) in [7, 11) is 1.64. The van der Waals surface area contributed by atoms with E-state index in [-0.39, 0.29) is 12.0 Å². The van der Waals surface area contributed by atoms with Crippen molar-refractivity contribution in [2.24, 2.45) is 0 Å². The number of aryl methyl sites for hydroxylation is 1. The molecule has 26 heavy (non-hydrogen) atoms. The van der Waals surface area contributed by atoms with Crippen molar-refractivity contribution in [1.29, 1.82) is 0 Å². The highest BCUT2D eigenvalue weighted by Crippen LogP contribution is 2.18. The quantitative estimate of drug-likeness (QED) is 0.776. The molecule has 0 unspecified atom stereocenters. The first kappa shape index (κ1) is 18.5. The Hall–Kier alpha value is -2.34. The van der Waals surface area contributed by atoms with Gasteiger partial charge < -0.3 is 14.4 Å². The van der Waals surface area contributed by atoms with Crippen molar-refractivity contribution in [2.45, 2.75) is 31.8 Å². The van der Waals surface area contributed by atoms with Gasteiger partial charge in [0.1, 0.15) is 11.9 Å². The number of carbonyl (C=O) groups excluding carboxylic acids is 1. The molecule has 2 aromatic rings. The number of rotatable bonds is 6. The predicted molar refractivity (Wildman–Crippen MR) is 98.6 cm³/mol. The lowest BCUT2D eigenvalue weighted by Gasteiger charge is -2.32. The number of halogens is 1. The van der Waals surface area contributed by atoms with Gasteiger partial charge in [-0.2, -0.15) is 0 Å². The van der Waals surface area contributed by atoms with Crippen LogP contribution in [0, 0.1) is 0 Å². The van der Waals surface area contributed by atoms with Gasteiger partial charge in [-0.15, -0.1) is 0 Å². The van der Waals surface area contributed by atoms with Crippen molar-refractivity contribution >= 4 is 17.5 Å². The molecular formula is C19H22ClN3O3. The van der Waals surface area contributed by atoms with Gasteiger partial charge in [0, 0.05) is 13.0 Å². The summed E-state index contributed by atoms with van der Waals surface area (Å²) >= 11 is 5.78. The number of likely N-dealkylation sites (tertiary alicyclic amines) is 1. The van der Waals surface area contributed by atoms with E-state index < -0.39 is 0 Å². The van der Waals surface area contributed by atoms with Gasteiger partial charge in [0.15, 0.2) is 0 Å². The van der Waals surface area contributed by atoms with Crippen LogP contribution in [-0.2, 0) is 11.2 Å². The molecule has 1 aromatic heterocycles. The van der Waals surface area contributed by atoms with Crippen LogP contribution in [0.4, 0.5) is 0 Å². The van der Waals surface area contributed by atoms with Crippen LogP contribution >= 0.6 is 11.6 Å². The van der Waals surface area contributed by atoms with Crippen molar-refractivity contribution < 1.29 is 14.3 Å². The molecule has 0 radical (unpaired) electrons. The molecule has 0 N–H and O–H groups in total. The van der Waals surface area contributed by atoms with Crippen molar-refractivity contribution in [1.82, 2.24) is 14.9 Å². The smallest absolute Gasteiger partial charge is 0.316 e. The van der Waals surface area contributed by atoms with E-state index in [0.717, 1.165) is 30.7 Å². The first-order chi connectivity index (χ1) is 12.6. The van der Waals surface area contributed by atoms with Gasteiger partial charge in [-0.05, 0) is 37.0 Å². The van der Waals surface area contributed by atoms with E-state index in [4.69, 9.17) is 21.1 Å². The minimum atomic E-state index is -0.0881. The number of piperidine rings is 1. The predicted octanol–water partition coefficient (Wildman–Crippen LogP) is 3.14. The summed E-state index contributed by atoms with van der Waals surface area (Å²) in [6, 6.07) is 8.11. The third kappa shape index (κ3) is 5.08. The summed E-state index contributed by atoms with van der Waals surface area (Å²) in [6.07, 6.45) is 5.91. The Bertz CT molecular complexity index is 722. The summed E-state index contributed by atoms with van der Waals surface area (Å²) in [5, 5.41) is 0.469. The highest BCUT2D eigenvalue weighted by molar-refractivity contribution is 6.30. The van der Waals surface area contributed by atoms with Crippen LogP contribution in [0.1, 0.15) is 24.8 Å². The Balaban J connectivity index is 1.49. The van der Waals surface area contributed by atoms with Crippen molar-refractivity contribution in [3.63, 3.8) is 0 Å². The summed E-state index contributed by atoms with van der Waals surface area (Å²) < 4.78 is 10.9. The Kier molecular flexibility index (Phi) is 6.28. The molecule has 1 aliphatic heterocycles. The average Bonchev–Trinajstić information content (AvgIpc) is 2.68. The Labute approximate surface area is 158 Å². The van der Waals surface area contributed by atoms with Gasteiger partial charge in [0.25, 0.3) is 0 Å². The van der Waals surface area contributed by atoms with Crippen molar-refractivity contribution in [2.75, 3.05) is 20.2 Å². The highest BCUT2D eigenvalue weighted by Gasteiger charge is 2.25. The molecule has 3 rings (SSSR count). The number of hydrogen-bond donors (Lipinski definition) is 0. The van der Waals surface area contributed by atoms with Gasteiger partial charge in [0.2, 0.25) is 5.91 Å². The number of nitrogens with zero attached hydrogens (tertiary/aromatic N) is 3. The Morgan fingerprint density at radius 2 is 2.00 bits per heavy atom. The molecule has 0 saturated carbocycles. The summed E-state index contributed by atoms with van der Waals surface area (Å²) in [5.74, 6) is 0.964. The molecule has 0 spiro atoms. The van der Waals surface area contributed by atoms with Crippen LogP contribution in [0.5, 0.6) is 11.8 Å². The van der Waals surface area contributed by atoms with E-state index in [2.05, 4.69) is 9.97 Å². The van der Waals surface area contributed by atoms with Gasteiger partial charge >= 0.3 is 6.01 Å². The van der Waals surface area contributed by atoms with E-state index in [1.165, 1.54) is 12.4 Å². The van der Waals surface area contributed by atoms with Crippen LogP contribution < -0.4 is 9.47 Å². The largest absolute Gasteiger partial charge is 0.497 e. The number of methoxy groups -OCH3 is 1. The lowest BCUT2D eigenvalue weighted by Crippen LogP contribution is -2.44. The highest BCUT2D eigenvalue weighted by atomic mass is 35.5. The van der Waals surface area contributed by atoms with Crippen LogP contribution in [0.15, 0.2) is 36.7 Å². The maximum Gasteiger partial charge on any atom is 0.316 e. The Morgan fingerprint density at radius 3 is 2.69 bits per heavy atom. The zero-order valence-corrected chi connectivity index (χ0v) is 15.5. The second kappa shape index (κ2) is 8.85. The van der Waals surface area contributed by atoms with E-state index in [9.17, 15) is 4.79 Å². The fourth-order valence-corrected chi connectivity index (χ4v) is 3.07. The average molecular weight is 376 g/mol.